The molecule has 0 saturated carbocycles. The molecule has 0 aromatic rings. The van der Waals surface area contributed by atoms with Gasteiger partial charge < -0.3 is 19.7 Å². The van der Waals surface area contributed by atoms with Crippen LogP contribution in [0.15, 0.2) is 0 Å². The molecule has 0 aliphatic carbocycles. The van der Waals surface area contributed by atoms with Gasteiger partial charge in [-0.1, -0.05) is 34.6 Å². The maximum atomic E-state index is 12.0. The van der Waals surface area contributed by atoms with E-state index in [4.69, 9.17) is 34.7 Å². The third-order valence-corrected chi connectivity index (χ3v) is 8.93. The Kier molecular flexibility index (Phi) is 11.8. The van der Waals surface area contributed by atoms with Crippen molar-refractivity contribution in [3.05, 3.63) is 0 Å². The zero-order chi connectivity index (χ0) is 26.3. The predicted molar refractivity (Wildman–Crippen MR) is 149 cm³/mol. The Bertz CT molecular complexity index is 664. The van der Waals surface area contributed by atoms with E-state index in [-0.39, 0.29) is 34.6 Å². The first kappa shape index (κ1) is 31.3. The molecule has 0 radical (unpaired) electrons. The van der Waals surface area contributed by atoms with Crippen molar-refractivity contribution in [2.45, 2.75) is 147 Å². The molecule has 206 valence electrons. The molecular formula is C28H52O5S2. The number of ether oxygens (including phenoxy) is 2. The third-order valence-electron chi connectivity index (χ3n) is 7.82. The van der Waals surface area contributed by atoms with E-state index in [0.717, 1.165) is 83.5 Å². The zero-order valence-electron chi connectivity index (χ0n) is 22.9. The number of aliphatic carboxylic acids is 1. The number of rotatable bonds is 13. The zero-order valence-corrected chi connectivity index (χ0v) is 24.6. The molecular weight excluding hydrogens is 480 g/mol. The van der Waals surface area contributed by atoms with Gasteiger partial charge in [0, 0.05) is 6.61 Å². The van der Waals surface area contributed by atoms with E-state index in [1.807, 2.05) is 0 Å². The van der Waals surface area contributed by atoms with Crippen LogP contribution in [-0.4, -0.2) is 44.9 Å². The summed E-state index contributed by atoms with van der Waals surface area (Å²) in [7, 11) is 0. The highest BCUT2D eigenvalue weighted by atomic mass is 32.1. The van der Waals surface area contributed by atoms with Gasteiger partial charge in [-0.05, 0) is 101 Å². The number of carboxylic acid groups (broad SMARTS) is 1. The number of thiol groups is 2. The Morgan fingerprint density at radius 2 is 1.57 bits per heavy atom. The average Bonchev–Trinajstić information content (AvgIpc) is 2.72. The molecule has 2 aliphatic rings. The molecule has 2 fully saturated rings. The van der Waals surface area contributed by atoms with Crippen LogP contribution >= 0.6 is 25.3 Å². The highest BCUT2D eigenvalue weighted by Crippen LogP contribution is 2.42. The predicted octanol–water partition coefficient (Wildman–Crippen LogP) is 7.26. The summed E-state index contributed by atoms with van der Waals surface area (Å²) < 4.78 is 12.9. The molecule has 5 nitrogen and oxygen atoms in total. The van der Waals surface area contributed by atoms with Crippen LogP contribution in [0.4, 0.5) is 0 Å². The van der Waals surface area contributed by atoms with Gasteiger partial charge in [-0.25, -0.2) is 0 Å². The van der Waals surface area contributed by atoms with Gasteiger partial charge in [0.1, 0.15) is 9.87 Å². The number of hydrogen-bond acceptors (Lipinski definition) is 6. The van der Waals surface area contributed by atoms with Crippen LogP contribution in [0, 0.1) is 16.7 Å². The fourth-order valence-corrected chi connectivity index (χ4v) is 6.37. The van der Waals surface area contributed by atoms with Gasteiger partial charge in [0.05, 0.1) is 18.1 Å². The largest absolute Gasteiger partial charge is 0.481 e. The first-order valence-corrected chi connectivity index (χ1v) is 14.7. The van der Waals surface area contributed by atoms with Gasteiger partial charge >= 0.3 is 5.97 Å². The van der Waals surface area contributed by atoms with Crippen LogP contribution in [0.1, 0.15) is 125 Å². The van der Waals surface area contributed by atoms with Gasteiger partial charge in [0.25, 0.3) is 0 Å². The van der Waals surface area contributed by atoms with E-state index in [9.17, 15) is 15.0 Å². The molecule has 0 aromatic heterocycles. The molecule has 2 saturated heterocycles. The highest BCUT2D eigenvalue weighted by molar-refractivity contribution is 7.81. The Morgan fingerprint density at radius 3 is 2.17 bits per heavy atom. The number of aliphatic hydroxyl groups excluding tert-OH is 1. The lowest BCUT2D eigenvalue weighted by molar-refractivity contribution is -0.157. The quantitative estimate of drug-likeness (QED) is 0.188. The average molecular weight is 533 g/mol. The minimum atomic E-state index is -0.750. The SMILES string of the molecule is CC(C)(C)CCC(C(=O)O)C1CCCC(S)(CCCC2CCCC(S)(CCCC(C)(C)CO)O2)O1. The standard InChI is InChI=1S/C28H52O5S2/c1-25(2,3)19-13-22(24(30)31)23-12-8-17-28(35,33-23)16-7-11-21-10-6-15-27(34,32-21)18-9-14-26(4,5)20-29/h21-23,29,34-35H,6-20H2,1-5H3,(H,30,31). The Balaban J connectivity index is 1.82. The molecule has 5 atom stereocenters. The van der Waals surface area contributed by atoms with Gasteiger partial charge in [-0.2, -0.15) is 0 Å². The summed E-state index contributed by atoms with van der Waals surface area (Å²) in [6.45, 7) is 10.8. The number of carboxylic acids is 1. The summed E-state index contributed by atoms with van der Waals surface area (Å²) in [5, 5.41) is 19.4. The Labute approximate surface area is 225 Å². The maximum Gasteiger partial charge on any atom is 0.309 e. The number of hydrogen-bond donors (Lipinski definition) is 4. The summed E-state index contributed by atoms with van der Waals surface area (Å²) in [5.74, 6) is -1.22. The van der Waals surface area contributed by atoms with Gasteiger partial charge in [-0.3, -0.25) is 4.79 Å². The minimum absolute atomic E-state index is 0.0522. The molecule has 0 spiro atoms. The van der Waals surface area contributed by atoms with Crippen LogP contribution in [0.25, 0.3) is 0 Å². The fraction of sp³-hybridized carbons (Fsp3) is 0.964. The molecule has 2 aliphatic heterocycles. The summed E-state index contributed by atoms with van der Waals surface area (Å²) in [6, 6.07) is 0. The van der Waals surface area contributed by atoms with Crippen molar-refractivity contribution in [2.24, 2.45) is 16.7 Å². The molecule has 5 unspecified atom stereocenters. The first-order valence-electron chi connectivity index (χ1n) is 13.8. The van der Waals surface area contributed by atoms with Crippen molar-refractivity contribution >= 4 is 31.2 Å². The van der Waals surface area contributed by atoms with Crippen molar-refractivity contribution in [1.29, 1.82) is 0 Å². The molecule has 7 heteroatoms. The van der Waals surface area contributed by atoms with E-state index in [2.05, 4.69) is 34.6 Å². The number of carbonyl (C=O) groups is 1. The van der Waals surface area contributed by atoms with Crippen LogP contribution in [-0.2, 0) is 14.3 Å². The molecule has 0 bridgehead atoms. The summed E-state index contributed by atoms with van der Waals surface area (Å²) in [4.78, 5) is 11.1. The topological polar surface area (TPSA) is 76.0 Å². The fourth-order valence-electron chi connectivity index (χ4n) is 5.45. The van der Waals surface area contributed by atoms with Crippen molar-refractivity contribution < 1.29 is 24.5 Å². The first-order chi connectivity index (χ1) is 16.2. The van der Waals surface area contributed by atoms with Gasteiger partial charge in [-0.15, -0.1) is 25.3 Å². The monoisotopic (exact) mass is 532 g/mol. The lowest BCUT2D eigenvalue weighted by atomic mass is 9.83. The van der Waals surface area contributed by atoms with Crippen molar-refractivity contribution in [3.8, 4) is 0 Å². The molecule has 0 aromatic carbocycles. The molecule has 0 amide bonds. The van der Waals surface area contributed by atoms with E-state index in [1.165, 1.54) is 0 Å². The summed E-state index contributed by atoms with van der Waals surface area (Å²) in [5.41, 5.74) is 0.0566. The smallest absolute Gasteiger partial charge is 0.309 e. The van der Waals surface area contributed by atoms with E-state index < -0.39 is 16.8 Å². The summed E-state index contributed by atoms with van der Waals surface area (Å²) >= 11 is 9.84. The van der Waals surface area contributed by atoms with Crippen molar-refractivity contribution in [2.75, 3.05) is 6.61 Å². The number of aliphatic hydroxyl groups is 1. The second kappa shape index (κ2) is 13.2. The maximum absolute atomic E-state index is 12.0. The van der Waals surface area contributed by atoms with Gasteiger partial charge in [0.2, 0.25) is 0 Å². The van der Waals surface area contributed by atoms with E-state index in [0.29, 0.717) is 6.42 Å². The third kappa shape index (κ3) is 11.1. The molecule has 2 rings (SSSR count). The minimum Gasteiger partial charge on any atom is -0.481 e. The highest BCUT2D eigenvalue weighted by Gasteiger charge is 2.40. The van der Waals surface area contributed by atoms with Crippen molar-refractivity contribution in [1.82, 2.24) is 0 Å². The second-order valence-electron chi connectivity index (χ2n) is 13.2. The van der Waals surface area contributed by atoms with E-state index >= 15 is 0 Å². The van der Waals surface area contributed by atoms with Crippen LogP contribution in [0.2, 0.25) is 0 Å². The van der Waals surface area contributed by atoms with Crippen LogP contribution in [0.5, 0.6) is 0 Å². The van der Waals surface area contributed by atoms with Gasteiger partial charge in [0.15, 0.2) is 0 Å². The van der Waals surface area contributed by atoms with Crippen LogP contribution in [0.3, 0.4) is 0 Å². The molecule has 35 heavy (non-hydrogen) atoms. The Hall–Kier alpha value is 0.0500. The normalized spacial score (nSPS) is 31.3. The Morgan fingerprint density at radius 1 is 0.971 bits per heavy atom. The van der Waals surface area contributed by atoms with Crippen molar-refractivity contribution in [3.63, 3.8) is 0 Å². The second-order valence-corrected chi connectivity index (χ2v) is 14.8. The lowest BCUT2D eigenvalue weighted by Crippen LogP contribution is -2.42. The molecule has 2 heterocycles. The van der Waals surface area contributed by atoms with Crippen LogP contribution < -0.4 is 0 Å². The van der Waals surface area contributed by atoms with E-state index in [1.54, 1.807) is 0 Å². The molecule has 2 N–H and O–H groups in total. The lowest BCUT2D eigenvalue weighted by Gasteiger charge is -2.41. The summed E-state index contributed by atoms with van der Waals surface area (Å²) in [6.07, 6.45) is 12.8.